The SMILES string of the molecule is CCN(CC)S(=O)(=O)N1CCNCC1c1ccccc1OC.Cl. The van der Waals surface area contributed by atoms with Gasteiger partial charge in [0.2, 0.25) is 0 Å². The number of rotatable bonds is 6. The standard InChI is InChI=1S/C15H25N3O3S.ClH/c1-4-17(5-2)22(19,20)18-11-10-16-12-14(18)13-8-6-7-9-15(13)21-3;/h6-9,14,16H,4-5,10-12H2,1-3H3;1H. The molecule has 1 N–H and O–H groups in total. The number of nitrogens with one attached hydrogen (secondary N) is 1. The van der Waals surface area contributed by atoms with Gasteiger partial charge in [0.15, 0.2) is 0 Å². The van der Waals surface area contributed by atoms with Crippen LogP contribution >= 0.6 is 12.4 Å². The molecule has 0 amide bonds. The summed E-state index contributed by atoms with van der Waals surface area (Å²) in [6.07, 6.45) is 0. The molecule has 0 radical (unpaired) electrons. The maximum absolute atomic E-state index is 12.9. The fourth-order valence-electron chi connectivity index (χ4n) is 2.87. The summed E-state index contributed by atoms with van der Waals surface area (Å²) in [6.45, 7) is 6.38. The van der Waals surface area contributed by atoms with Gasteiger partial charge in [-0.1, -0.05) is 32.0 Å². The van der Waals surface area contributed by atoms with E-state index in [-0.39, 0.29) is 18.4 Å². The van der Waals surface area contributed by atoms with Gasteiger partial charge in [-0.3, -0.25) is 0 Å². The van der Waals surface area contributed by atoms with Crippen molar-refractivity contribution in [2.24, 2.45) is 0 Å². The van der Waals surface area contributed by atoms with Gasteiger partial charge in [0, 0.05) is 38.3 Å². The molecule has 0 saturated carbocycles. The van der Waals surface area contributed by atoms with Crippen LogP contribution in [0.2, 0.25) is 0 Å². The summed E-state index contributed by atoms with van der Waals surface area (Å²) in [5.74, 6) is 0.718. The van der Waals surface area contributed by atoms with Crippen LogP contribution in [0.3, 0.4) is 0 Å². The highest BCUT2D eigenvalue weighted by molar-refractivity contribution is 7.86. The van der Waals surface area contributed by atoms with Crippen LogP contribution in [0.25, 0.3) is 0 Å². The molecule has 8 heteroatoms. The predicted octanol–water partition coefficient (Wildman–Crippen LogP) is 1.65. The molecule has 0 aliphatic carbocycles. The van der Waals surface area contributed by atoms with Crippen LogP contribution in [0.15, 0.2) is 24.3 Å². The van der Waals surface area contributed by atoms with Crippen LogP contribution in [-0.2, 0) is 10.2 Å². The normalized spacial score (nSPS) is 19.4. The Balaban J connectivity index is 0.00000264. The Kier molecular flexibility index (Phi) is 7.76. The highest BCUT2D eigenvalue weighted by Crippen LogP contribution is 2.32. The van der Waals surface area contributed by atoms with Crippen LogP contribution in [-0.4, -0.2) is 56.9 Å². The lowest BCUT2D eigenvalue weighted by Gasteiger charge is -2.38. The average Bonchev–Trinajstić information content (AvgIpc) is 2.55. The fourth-order valence-corrected chi connectivity index (χ4v) is 4.65. The first-order chi connectivity index (χ1) is 10.6. The molecule has 0 bridgehead atoms. The lowest BCUT2D eigenvalue weighted by atomic mass is 10.0. The van der Waals surface area contributed by atoms with Gasteiger partial charge >= 0.3 is 0 Å². The number of benzene rings is 1. The van der Waals surface area contributed by atoms with Gasteiger partial charge in [0.25, 0.3) is 10.2 Å². The molecule has 1 aliphatic rings. The second-order valence-electron chi connectivity index (χ2n) is 5.16. The number of hydrogen-bond donors (Lipinski definition) is 1. The molecule has 1 aromatic carbocycles. The molecular weight excluding hydrogens is 338 g/mol. The van der Waals surface area contributed by atoms with Crippen LogP contribution in [0, 0.1) is 0 Å². The first-order valence-corrected chi connectivity index (χ1v) is 9.06. The maximum atomic E-state index is 12.9. The van der Waals surface area contributed by atoms with E-state index in [1.807, 2.05) is 38.1 Å². The zero-order chi connectivity index (χ0) is 16.2. The minimum atomic E-state index is -3.48. The number of methoxy groups -OCH3 is 1. The topological polar surface area (TPSA) is 61.9 Å². The van der Waals surface area contributed by atoms with Crippen LogP contribution in [0.1, 0.15) is 25.5 Å². The molecule has 1 unspecified atom stereocenters. The van der Waals surface area contributed by atoms with Gasteiger partial charge in [-0.15, -0.1) is 12.4 Å². The van der Waals surface area contributed by atoms with Crippen molar-refractivity contribution in [3.63, 3.8) is 0 Å². The lowest BCUT2D eigenvalue weighted by molar-refractivity contribution is 0.244. The molecule has 2 rings (SSSR count). The Morgan fingerprint density at radius 3 is 2.57 bits per heavy atom. The van der Waals surface area contributed by atoms with Crippen LogP contribution in [0.4, 0.5) is 0 Å². The van der Waals surface area contributed by atoms with E-state index in [1.165, 1.54) is 4.31 Å². The van der Waals surface area contributed by atoms with Gasteiger partial charge in [0.05, 0.1) is 13.2 Å². The summed E-state index contributed by atoms with van der Waals surface area (Å²) >= 11 is 0. The van der Waals surface area contributed by atoms with Crippen molar-refractivity contribution >= 4 is 22.6 Å². The van der Waals surface area contributed by atoms with Crippen molar-refractivity contribution in [2.45, 2.75) is 19.9 Å². The predicted molar refractivity (Wildman–Crippen MR) is 94.4 cm³/mol. The number of hydrogen-bond acceptors (Lipinski definition) is 4. The molecule has 132 valence electrons. The van der Waals surface area contributed by atoms with E-state index in [9.17, 15) is 8.42 Å². The summed E-state index contributed by atoms with van der Waals surface area (Å²) in [5, 5.41) is 3.28. The van der Waals surface area contributed by atoms with E-state index in [4.69, 9.17) is 4.74 Å². The Labute approximate surface area is 145 Å². The molecule has 23 heavy (non-hydrogen) atoms. The van der Waals surface area contributed by atoms with Crippen LogP contribution < -0.4 is 10.1 Å². The minimum Gasteiger partial charge on any atom is -0.496 e. The molecule has 1 aliphatic heterocycles. The number of piperazine rings is 1. The smallest absolute Gasteiger partial charge is 0.282 e. The molecule has 1 saturated heterocycles. The first-order valence-electron chi connectivity index (χ1n) is 7.66. The molecule has 1 heterocycles. The van der Waals surface area contributed by atoms with E-state index in [1.54, 1.807) is 11.4 Å². The maximum Gasteiger partial charge on any atom is 0.282 e. The highest BCUT2D eigenvalue weighted by Gasteiger charge is 2.37. The second kappa shape index (κ2) is 8.84. The third kappa shape index (κ3) is 4.16. The van der Waals surface area contributed by atoms with E-state index < -0.39 is 10.2 Å². The average molecular weight is 364 g/mol. The highest BCUT2D eigenvalue weighted by atomic mass is 35.5. The van der Waals surface area contributed by atoms with Gasteiger partial charge < -0.3 is 10.1 Å². The van der Waals surface area contributed by atoms with Crippen molar-refractivity contribution in [1.29, 1.82) is 0 Å². The zero-order valence-electron chi connectivity index (χ0n) is 13.9. The van der Waals surface area contributed by atoms with Crippen LogP contribution in [0.5, 0.6) is 5.75 Å². The van der Waals surface area contributed by atoms with Gasteiger partial charge in [-0.25, -0.2) is 0 Å². The number of para-hydroxylation sites is 1. The Morgan fingerprint density at radius 1 is 1.30 bits per heavy atom. The quantitative estimate of drug-likeness (QED) is 0.834. The number of ether oxygens (including phenoxy) is 1. The molecule has 6 nitrogen and oxygen atoms in total. The Morgan fingerprint density at radius 2 is 1.96 bits per heavy atom. The summed E-state index contributed by atoms with van der Waals surface area (Å²) < 4.78 is 34.3. The van der Waals surface area contributed by atoms with Crippen molar-refractivity contribution in [1.82, 2.24) is 13.9 Å². The number of nitrogens with zero attached hydrogens (tertiary/aromatic N) is 2. The van der Waals surface area contributed by atoms with Gasteiger partial charge in [-0.05, 0) is 6.07 Å². The Hall–Kier alpha value is -0.860. The molecule has 1 aromatic rings. The molecule has 1 atom stereocenters. The van der Waals surface area contributed by atoms with Gasteiger partial charge in [0.1, 0.15) is 5.75 Å². The Bertz CT molecular complexity index is 593. The third-order valence-electron chi connectivity index (χ3n) is 4.02. The summed E-state index contributed by atoms with van der Waals surface area (Å²) in [6, 6.07) is 7.35. The van der Waals surface area contributed by atoms with E-state index in [0.29, 0.717) is 32.7 Å². The van der Waals surface area contributed by atoms with E-state index >= 15 is 0 Å². The first kappa shape index (κ1) is 20.2. The van der Waals surface area contributed by atoms with Gasteiger partial charge in [-0.2, -0.15) is 17.0 Å². The van der Waals surface area contributed by atoms with Crippen molar-refractivity contribution < 1.29 is 13.2 Å². The van der Waals surface area contributed by atoms with Crippen molar-refractivity contribution in [3.8, 4) is 5.75 Å². The second-order valence-corrected chi connectivity index (χ2v) is 7.05. The molecule has 1 fully saturated rings. The largest absolute Gasteiger partial charge is 0.496 e. The minimum absolute atomic E-state index is 0. The third-order valence-corrected chi connectivity index (χ3v) is 6.22. The van der Waals surface area contributed by atoms with Crippen molar-refractivity contribution in [2.75, 3.05) is 39.8 Å². The zero-order valence-corrected chi connectivity index (χ0v) is 15.5. The molecule has 0 aromatic heterocycles. The van der Waals surface area contributed by atoms with E-state index in [0.717, 1.165) is 11.3 Å². The summed E-state index contributed by atoms with van der Waals surface area (Å²) in [7, 11) is -1.87. The monoisotopic (exact) mass is 363 g/mol. The van der Waals surface area contributed by atoms with E-state index in [2.05, 4.69) is 5.32 Å². The molecule has 0 spiro atoms. The fraction of sp³-hybridized carbons (Fsp3) is 0.600. The lowest BCUT2D eigenvalue weighted by Crippen LogP contribution is -2.53. The summed E-state index contributed by atoms with van der Waals surface area (Å²) in [5.41, 5.74) is 0.896. The summed E-state index contributed by atoms with van der Waals surface area (Å²) in [4.78, 5) is 0. The van der Waals surface area contributed by atoms with Crippen molar-refractivity contribution in [3.05, 3.63) is 29.8 Å². The number of halogens is 1. The molecular formula is C15H26ClN3O3S.